The van der Waals surface area contributed by atoms with E-state index in [-0.39, 0.29) is 17.6 Å². The first-order chi connectivity index (χ1) is 14.7. The van der Waals surface area contributed by atoms with Crippen molar-refractivity contribution in [3.8, 4) is 0 Å². The van der Waals surface area contributed by atoms with Gasteiger partial charge >= 0.3 is 0 Å². The number of nitrogens with zero attached hydrogens (tertiary/aromatic N) is 1. The van der Waals surface area contributed by atoms with E-state index in [1.54, 1.807) is 0 Å². The van der Waals surface area contributed by atoms with Gasteiger partial charge in [0.2, 0.25) is 0 Å². The third kappa shape index (κ3) is 3.38. The minimum absolute atomic E-state index is 0.0218. The summed E-state index contributed by atoms with van der Waals surface area (Å²) in [5, 5.41) is 21.7. The van der Waals surface area contributed by atoms with Crippen molar-refractivity contribution in [1.82, 2.24) is 0 Å². The summed E-state index contributed by atoms with van der Waals surface area (Å²) in [4.78, 5) is 2.12. The van der Waals surface area contributed by atoms with E-state index in [0.717, 1.165) is 37.5 Å². The zero-order valence-corrected chi connectivity index (χ0v) is 19.8. The Morgan fingerprint density at radius 2 is 1.61 bits per heavy atom. The van der Waals surface area contributed by atoms with E-state index in [9.17, 15) is 10.2 Å². The van der Waals surface area contributed by atoms with E-state index in [1.807, 2.05) is 0 Å². The van der Waals surface area contributed by atoms with Crippen LogP contribution in [-0.4, -0.2) is 36.5 Å². The molecule has 31 heavy (non-hydrogen) atoms. The second-order valence-electron chi connectivity index (χ2n) is 11.9. The smallest absolute Gasteiger partial charge is 0.0809 e. The van der Waals surface area contributed by atoms with Crippen LogP contribution in [-0.2, 0) is 0 Å². The fraction of sp³-hybridized carbons (Fsp3) is 0.714. The van der Waals surface area contributed by atoms with Crippen molar-refractivity contribution in [1.29, 1.82) is 0 Å². The Bertz CT molecular complexity index is 845. The largest absolute Gasteiger partial charge is 0.393 e. The summed E-state index contributed by atoms with van der Waals surface area (Å²) in [6.07, 6.45) is 11.1. The number of aliphatic hydroxyl groups is 2. The number of hydrogen-bond acceptors (Lipinski definition) is 3. The maximum atomic E-state index is 11.5. The van der Waals surface area contributed by atoms with Crippen LogP contribution in [0.5, 0.6) is 0 Å². The highest BCUT2D eigenvalue weighted by Gasteiger charge is 2.61. The summed E-state index contributed by atoms with van der Waals surface area (Å²) in [6.45, 7) is 4.91. The molecule has 4 fully saturated rings. The number of rotatable bonds is 2. The lowest BCUT2D eigenvalue weighted by Gasteiger charge is -2.60. The maximum absolute atomic E-state index is 11.5. The first kappa shape index (κ1) is 21.5. The summed E-state index contributed by atoms with van der Waals surface area (Å²) < 4.78 is 0. The van der Waals surface area contributed by atoms with E-state index in [1.165, 1.54) is 42.5 Å². The number of hydrogen-bond donors (Lipinski definition) is 2. The topological polar surface area (TPSA) is 43.7 Å². The van der Waals surface area contributed by atoms with Crippen molar-refractivity contribution in [3.63, 3.8) is 0 Å². The molecule has 0 unspecified atom stereocenters. The van der Waals surface area contributed by atoms with E-state index in [2.05, 4.69) is 63.2 Å². The van der Waals surface area contributed by atoms with Crippen molar-refractivity contribution in [2.24, 2.45) is 34.5 Å². The van der Waals surface area contributed by atoms with Crippen LogP contribution in [0.3, 0.4) is 0 Å². The molecule has 8 atom stereocenters. The van der Waals surface area contributed by atoms with Gasteiger partial charge in [-0.3, -0.25) is 0 Å². The van der Waals surface area contributed by atoms with Crippen molar-refractivity contribution in [2.75, 3.05) is 19.0 Å². The van der Waals surface area contributed by atoms with E-state index >= 15 is 0 Å². The van der Waals surface area contributed by atoms with Crippen LogP contribution in [0.2, 0.25) is 0 Å². The predicted molar refractivity (Wildman–Crippen MR) is 128 cm³/mol. The van der Waals surface area contributed by atoms with Crippen molar-refractivity contribution in [3.05, 3.63) is 35.4 Å². The molecule has 4 aliphatic carbocycles. The molecule has 0 radical (unpaired) electrons. The van der Waals surface area contributed by atoms with E-state index < -0.39 is 0 Å². The third-order valence-electron chi connectivity index (χ3n) is 10.3. The van der Waals surface area contributed by atoms with Gasteiger partial charge in [0.25, 0.3) is 0 Å². The Kier molecular flexibility index (Phi) is 5.29. The molecule has 0 spiro atoms. The highest BCUT2D eigenvalue weighted by Crippen LogP contribution is 2.67. The van der Waals surface area contributed by atoms with Gasteiger partial charge in [0, 0.05) is 25.2 Å². The second-order valence-corrected chi connectivity index (χ2v) is 11.9. The van der Waals surface area contributed by atoms with Gasteiger partial charge in [-0.1, -0.05) is 32.1 Å². The van der Waals surface area contributed by atoms with Gasteiger partial charge in [-0.2, -0.15) is 0 Å². The molecule has 0 amide bonds. The van der Waals surface area contributed by atoms with Crippen LogP contribution in [0.1, 0.15) is 70.8 Å². The highest BCUT2D eigenvalue weighted by atomic mass is 16.3. The summed E-state index contributed by atoms with van der Waals surface area (Å²) in [7, 11) is 4.14. The summed E-state index contributed by atoms with van der Waals surface area (Å²) >= 11 is 0. The van der Waals surface area contributed by atoms with Crippen LogP contribution >= 0.6 is 0 Å². The Balaban J connectivity index is 1.40. The molecule has 5 rings (SSSR count). The van der Waals surface area contributed by atoms with Gasteiger partial charge in [0.1, 0.15) is 0 Å². The van der Waals surface area contributed by atoms with Crippen LogP contribution in [0.25, 0.3) is 6.08 Å². The zero-order valence-electron chi connectivity index (χ0n) is 19.8. The maximum Gasteiger partial charge on any atom is 0.0809 e. The fourth-order valence-electron chi connectivity index (χ4n) is 8.32. The molecular weight excluding hydrogens is 382 g/mol. The van der Waals surface area contributed by atoms with Gasteiger partial charge in [-0.15, -0.1) is 0 Å². The lowest BCUT2D eigenvalue weighted by atomic mass is 9.45. The molecule has 3 nitrogen and oxygen atoms in total. The molecule has 170 valence electrons. The lowest BCUT2D eigenvalue weighted by molar-refractivity contribution is -0.133. The average molecular weight is 424 g/mol. The molecule has 0 saturated heterocycles. The molecule has 4 saturated carbocycles. The Hall–Kier alpha value is -1.32. The van der Waals surface area contributed by atoms with Gasteiger partial charge in [0.15, 0.2) is 0 Å². The molecule has 1 aromatic carbocycles. The van der Waals surface area contributed by atoms with Crippen molar-refractivity contribution >= 4 is 11.8 Å². The van der Waals surface area contributed by atoms with Crippen LogP contribution in [0, 0.1) is 34.5 Å². The molecular formula is C28H41NO2. The first-order valence-electron chi connectivity index (χ1n) is 12.6. The molecule has 0 heterocycles. The first-order valence-corrected chi connectivity index (χ1v) is 12.6. The Labute approximate surface area is 188 Å². The number of anilines is 1. The van der Waals surface area contributed by atoms with Crippen molar-refractivity contribution in [2.45, 2.75) is 77.4 Å². The van der Waals surface area contributed by atoms with Gasteiger partial charge < -0.3 is 15.1 Å². The van der Waals surface area contributed by atoms with Gasteiger partial charge in [-0.05, 0) is 104 Å². The van der Waals surface area contributed by atoms with Crippen LogP contribution in [0.15, 0.2) is 29.8 Å². The third-order valence-corrected chi connectivity index (χ3v) is 10.3. The fourth-order valence-corrected chi connectivity index (χ4v) is 8.32. The summed E-state index contributed by atoms with van der Waals surface area (Å²) in [5.74, 6) is 2.78. The monoisotopic (exact) mass is 423 g/mol. The average Bonchev–Trinajstić information content (AvgIpc) is 2.99. The Morgan fingerprint density at radius 3 is 2.32 bits per heavy atom. The molecule has 2 N–H and O–H groups in total. The molecule has 0 aliphatic heterocycles. The van der Waals surface area contributed by atoms with E-state index in [4.69, 9.17) is 0 Å². The summed E-state index contributed by atoms with van der Waals surface area (Å²) in [6, 6.07) is 8.69. The zero-order chi connectivity index (χ0) is 22.0. The lowest BCUT2D eigenvalue weighted by Crippen LogP contribution is -2.54. The number of fused-ring (bicyclic) bond motifs is 5. The predicted octanol–water partition coefficient (Wildman–Crippen LogP) is 5.51. The summed E-state index contributed by atoms with van der Waals surface area (Å²) in [5.41, 5.74) is 4.07. The van der Waals surface area contributed by atoms with Gasteiger partial charge in [-0.25, -0.2) is 0 Å². The molecule has 1 aromatic rings. The molecule has 0 bridgehead atoms. The SMILES string of the molecule is CN(C)c1ccc(/C=C2\C[C@H]3[C@@H]4CC[C@H]5C[C@@H](O)CC[C@]5(C)[C@H]4CC[C@]3(C)[C@H]2O)cc1. The van der Waals surface area contributed by atoms with Crippen LogP contribution < -0.4 is 4.90 Å². The normalized spacial score (nSPS) is 45.7. The molecule has 4 aliphatic rings. The standard InChI is InChI=1S/C28H41NO2/c1-27-13-11-22(30)17-20(27)7-10-23-24(27)12-14-28(2)25(23)16-19(26(28)31)15-18-5-8-21(9-6-18)29(3)4/h5-6,8-9,15,20,22-26,30-31H,7,10-14,16-17H2,1-4H3/b19-15+/t20-,22-,23+,24-,25-,26-,27-,28-/m0/s1. The minimum atomic E-state index is -0.314. The Morgan fingerprint density at radius 1 is 0.903 bits per heavy atom. The quantitative estimate of drug-likeness (QED) is 0.659. The van der Waals surface area contributed by atoms with Gasteiger partial charge in [0.05, 0.1) is 12.2 Å². The second kappa shape index (κ2) is 7.63. The number of aliphatic hydroxyl groups excluding tert-OH is 2. The van der Waals surface area contributed by atoms with E-state index in [0.29, 0.717) is 17.3 Å². The highest BCUT2D eigenvalue weighted by molar-refractivity contribution is 5.59. The van der Waals surface area contributed by atoms with Crippen molar-refractivity contribution < 1.29 is 10.2 Å². The van der Waals surface area contributed by atoms with Crippen LogP contribution in [0.4, 0.5) is 5.69 Å². The molecule has 3 heteroatoms. The number of benzene rings is 1. The molecule has 0 aromatic heterocycles. The minimum Gasteiger partial charge on any atom is -0.393 e.